The Morgan fingerprint density at radius 2 is 2.27 bits per heavy atom. The number of fused-ring (bicyclic) bond motifs is 1. The van der Waals surface area contributed by atoms with Crippen LogP contribution < -0.4 is 0 Å². The lowest BCUT2D eigenvalue weighted by molar-refractivity contribution is 0.779. The highest BCUT2D eigenvalue weighted by molar-refractivity contribution is 6.33. The lowest BCUT2D eigenvalue weighted by Crippen LogP contribution is -1.85. The van der Waals surface area contributed by atoms with E-state index in [4.69, 9.17) is 11.6 Å². The van der Waals surface area contributed by atoms with Crippen molar-refractivity contribution >= 4 is 22.6 Å². The van der Waals surface area contributed by atoms with Gasteiger partial charge >= 0.3 is 0 Å². The third kappa shape index (κ3) is 0.952. The molecule has 0 unspecified atom stereocenters. The van der Waals surface area contributed by atoms with Gasteiger partial charge in [-0.3, -0.25) is 4.68 Å². The van der Waals surface area contributed by atoms with Gasteiger partial charge in [0.15, 0.2) is 5.15 Å². The number of rotatable bonds is 0. The van der Waals surface area contributed by atoms with E-state index in [1.54, 1.807) is 10.9 Å². The van der Waals surface area contributed by atoms with Crippen LogP contribution in [0.5, 0.6) is 0 Å². The van der Waals surface area contributed by atoms with Gasteiger partial charge in [0.1, 0.15) is 17.4 Å². The highest BCUT2D eigenvalue weighted by atomic mass is 35.5. The molecule has 2 heterocycles. The van der Waals surface area contributed by atoms with E-state index in [-0.39, 0.29) is 0 Å². The van der Waals surface area contributed by atoms with Crippen molar-refractivity contribution in [2.45, 2.75) is 0 Å². The number of hydrogen-bond acceptors (Lipinski definition) is 3. The second-order valence-electron chi connectivity index (χ2n) is 2.20. The highest BCUT2D eigenvalue weighted by Crippen LogP contribution is 2.15. The van der Waals surface area contributed by atoms with Crippen molar-refractivity contribution in [1.29, 1.82) is 0 Å². The fraction of sp³-hybridized carbons (Fsp3) is 0.167. The first-order valence-corrected chi connectivity index (χ1v) is 3.45. The van der Waals surface area contributed by atoms with E-state index in [1.165, 1.54) is 6.33 Å². The summed E-state index contributed by atoms with van der Waals surface area (Å²) >= 11 is 5.74. The number of halogens is 1. The second kappa shape index (κ2) is 2.17. The summed E-state index contributed by atoms with van der Waals surface area (Å²) in [5, 5.41) is 4.47. The van der Waals surface area contributed by atoms with Gasteiger partial charge in [-0.15, -0.1) is 0 Å². The molecular formula is C6H5ClN4. The number of aryl methyl sites for hydroxylation is 1. The lowest BCUT2D eigenvalue weighted by atomic mass is 10.5. The molecule has 0 bridgehead atoms. The topological polar surface area (TPSA) is 43.6 Å². The fourth-order valence-electron chi connectivity index (χ4n) is 0.920. The molecule has 4 nitrogen and oxygen atoms in total. The van der Waals surface area contributed by atoms with E-state index in [0.717, 1.165) is 5.52 Å². The zero-order valence-corrected chi connectivity index (χ0v) is 6.58. The van der Waals surface area contributed by atoms with Crippen LogP contribution in [0.15, 0.2) is 12.5 Å². The van der Waals surface area contributed by atoms with Gasteiger partial charge in [-0.1, -0.05) is 11.6 Å². The Morgan fingerprint density at radius 3 is 3.00 bits per heavy atom. The first-order valence-electron chi connectivity index (χ1n) is 3.07. The third-order valence-electron chi connectivity index (χ3n) is 1.37. The van der Waals surface area contributed by atoms with Gasteiger partial charge in [-0.05, 0) is 0 Å². The molecule has 0 aliphatic heterocycles. The van der Waals surface area contributed by atoms with Crippen LogP contribution in [0, 0.1) is 0 Å². The standard InChI is InChI=1S/C6H5ClN4/c1-11-2-4-5(10-11)6(7)9-3-8-4/h2-3H,1H3. The van der Waals surface area contributed by atoms with Gasteiger partial charge in [0.2, 0.25) is 0 Å². The van der Waals surface area contributed by atoms with Crippen molar-refractivity contribution < 1.29 is 0 Å². The molecule has 0 amide bonds. The molecule has 0 aromatic carbocycles. The van der Waals surface area contributed by atoms with Gasteiger partial charge in [0.05, 0.1) is 6.20 Å². The predicted octanol–water partition coefficient (Wildman–Crippen LogP) is 1.02. The van der Waals surface area contributed by atoms with Crippen LogP contribution in [0.25, 0.3) is 11.0 Å². The van der Waals surface area contributed by atoms with Gasteiger partial charge < -0.3 is 0 Å². The summed E-state index contributed by atoms with van der Waals surface area (Å²) in [7, 11) is 1.82. The Morgan fingerprint density at radius 1 is 1.45 bits per heavy atom. The molecule has 0 atom stereocenters. The SMILES string of the molecule is Cn1cc2ncnc(Cl)c2n1. The molecule has 0 aliphatic rings. The smallest absolute Gasteiger partial charge is 0.160 e. The normalized spacial score (nSPS) is 10.7. The largest absolute Gasteiger partial charge is 0.273 e. The van der Waals surface area contributed by atoms with Crippen LogP contribution in [-0.2, 0) is 7.05 Å². The van der Waals surface area contributed by atoms with Crippen LogP contribution >= 0.6 is 11.6 Å². The first-order chi connectivity index (χ1) is 5.27. The Bertz CT molecular complexity index is 394. The number of hydrogen-bond donors (Lipinski definition) is 0. The summed E-state index contributed by atoms with van der Waals surface area (Å²) in [5.74, 6) is 0. The van der Waals surface area contributed by atoms with Crippen LogP contribution in [0.4, 0.5) is 0 Å². The van der Waals surface area contributed by atoms with Crippen molar-refractivity contribution in [2.24, 2.45) is 7.05 Å². The molecule has 0 saturated carbocycles. The molecule has 0 fully saturated rings. The monoisotopic (exact) mass is 168 g/mol. The van der Waals surface area contributed by atoms with Crippen LogP contribution in [0.3, 0.4) is 0 Å². The van der Waals surface area contributed by atoms with Gasteiger partial charge in [-0.2, -0.15) is 5.10 Å². The summed E-state index contributed by atoms with van der Waals surface area (Å²) in [5.41, 5.74) is 1.42. The van der Waals surface area contributed by atoms with E-state index < -0.39 is 0 Å². The Hall–Kier alpha value is -1.16. The van der Waals surface area contributed by atoms with E-state index >= 15 is 0 Å². The highest BCUT2D eigenvalue weighted by Gasteiger charge is 2.03. The van der Waals surface area contributed by atoms with Gasteiger partial charge in [0, 0.05) is 7.05 Å². The van der Waals surface area contributed by atoms with Crippen LogP contribution in [0.1, 0.15) is 0 Å². The minimum Gasteiger partial charge on any atom is -0.273 e. The minimum atomic E-state index is 0.399. The number of nitrogens with zero attached hydrogens (tertiary/aromatic N) is 4. The molecule has 2 rings (SSSR count). The second-order valence-corrected chi connectivity index (χ2v) is 2.56. The maximum Gasteiger partial charge on any atom is 0.160 e. The Labute approximate surface area is 67.8 Å². The molecule has 11 heavy (non-hydrogen) atoms. The van der Waals surface area contributed by atoms with Gasteiger partial charge in [0.25, 0.3) is 0 Å². The van der Waals surface area contributed by atoms with Crippen molar-refractivity contribution in [2.75, 3.05) is 0 Å². The quantitative estimate of drug-likeness (QED) is 0.552. The van der Waals surface area contributed by atoms with Crippen molar-refractivity contribution in [1.82, 2.24) is 19.7 Å². The summed E-state index contributed by atoms with van der Waals surface area (Å²) in [6, 6.07) is 0. The molecule has 5 heteroatoms. The van der Waals surface area contributed by atoms with E-state index in [0.29, 0.717) is 10.7 Å². The third-order valence-corrected chi connectivity index (χ3v) is 1.65. The molecule has 56 valence electrons. The zero-order chi connectivity index (χ0) is 7.84. The molecule has 0 saturated heterocycles. The Balaban J connectivity index is 2.90. The lowest BCUT2D eigenvalue weighted by Gasteiger charge is -1.86. The molecule has 2 aromatic heterocycles. The maximum absolute atomic E-state index is 5.74. The molecule has 0 N–H and O–H groups in total. The molecular weight excluding hydrogens is 164 g/mol. The van der Waals surface area contributed by atoms with Gasteiger partial charge in [-0.25, -0.2) is 9.97 Å². The predicted molar refractivity (Wildman–Crippen MR) is 41.3 cm³/mol. The summed E-state index contributed by atoms with van der Waals surface area (Å²) in [6.45, 7) is 0. The number of aromatic nitrogens is 4. The Kier molecular flexibility index (Phi) is 1.29. The van der Waals surface area contributed by atoms with E-state index in [2.05, 4.69) is 15.1 Å². The van der Waals surface area contributed by atoms with Crippen LogP contribution in [0.2, 0.25) is 5.15 Å². The molecule has 0 spiro atoms. The van der Waals surface area contributed by atoms with Crippen molar-refractivity contribution in [3.63, 3.8) is 0 Å². The molecule has 2 aromatic rings. The van der Waals surface area contributed by atoms with E-state index in [1.807, 2.05) is 7.05 Å². The molecule has 0 aliphatic carbocycles. The minimum absolute atomic E-state index is 0.399. The first kappa shape index (κ1) is 6.54. The fourth-order valence-corrected chi connectivity index (χ4v) is 1.10. The van der Waals surface area contributed by atoms with Crippen molar-refractivity contribution in [3.05, 3.63) is 17.7 Å². The molecule has 0 radical (unpaired) electrons. The average Bonchev–Trinajstić information content (AvgIpc) is 2.31. The average molecular weight is 169 g/mol. The zero-order valence-electron chi connectivity index (χ0n) is 5.82. The van der Waals surface area contributed by atoms with Crippen molar-refractivity contribution in [3.8, 4) is 0 Å². The summed E-state index contributed by atoms with van der Waals surface area (Å²) in [6.07, 6.45) is 3.22. The van der Waals surface area contributed by atoms with E-state index in [9.17, 15) is 0 Å². The maximum atomic E-state index is 5.74. The summed E-state index contributed by atoms with van der Waals surface area (Å²) in [4.78, 5) is 7.78. The van der Waals surface area contributed by atoms with Crippen LogP contribution in [-0.4, -0.2) is 19.7 Å². The summed E-state index contributed by atoms with van der Waals surface area (Å²) < 4.78 is 1.66.